The van der Waals surface area contributed by atoms with Gasteiger partial charge in [-0.05, 0) is 49.2 Å². The first-order chi connectivity index (χ1) is 16.2. The number of carbonyl (C=O) groups is 3. The van der Waals surface area contributed by atoms with Crippen molar-refractivity contribution in [2.75, 3.05) is 23.7 Å². The average molecular weight is 499 g/mol. The van der Waals surface area contributed by atoms with E-state index in [1.165, 1.54) is 16.2 Å². The van der Waals surface area contributed by atoms with Gasteiger partial charge < -0.3 is 15.5 Å². The van der Waals surface area contributed by atoms with Crippen LogP contribution in [0.4, 0.5) is 10.8 Å². The average Bonchev–Trinajstić information content (AvgIpc) is 3.21. The van der Waals surface area contributed by atoms with E-state index in [4.69, 9.17) is 11.6 Å². The van der Waals surface area contributed by atoms with Crippen LogP contribution in [0.15, 0.2) is 53.9 Å². The van der Waals surface area contributed by atoms with Crippen molar-refractivity contribution in [1.29, 1.82) is 0 Å². The maximum absolute atomic E-state index is 12.9. The molecule has 0 aliphatic carbocycles. The third-order valence-corrected chi connectivity index (χ3v) is 5.83. The maximum Gasteiger partial charge on any atom is 0.254 e. The van der Waals surface area contributed by atoms with Crippen LogP contribution in [0.1, 0.15) is 35.5 Å². The van der Waals surface area contributed by atoms with Gasteiger partial charge in [0, 0.05) is 28.2 Å². The smallest absolute Gasteiger partial charge is 0.254 e. The summed E-state index contributed by atoms with van der Waals surface area (Å²) < 4.78 is 0. The summed E-state index contributed by atoms with van der Waals surface area (Å²) in [6.45, 7) is 6.26. The van der Waals surface area contributed by atoms with Crippen LogP contribution in [-0.2, 0) is 16.0 Å². The fourth-order valence-corrected chi connectivity index (χ4v) is 4.07. The Labute approximate surface area is 208 Å². The SMILES string of the molecule is Cc1ccc(NC(=O)Cc2csc(NC(=O)CN(CC(C)C)C(=O)c3ccc(Cl)cc3)n2)cc1. The minimum Gasteiger partial charge on any atom is -0.329 e. The monoisotopic (exact) mass is 498 g/mol. The Morgan fingerprint density at radius 2 is 1.68 bits per heavy atom. The largest absolute Gasteiger partial charge is 0.329 e. The molecule has 2 N–H and O–H groups in total. The molecule has 1 aromatic heterocycles. The number of hydrogen-bond donors (Lipinski definition) is 2. The van der Waals surface area contributed by atoms with Gasteiger partial charge in [0.15, 0.2) is 5.13 Å². The molecule has 0 saturated heterocycles. The van der Waals surface area contributed by atoms with Gasteiger partial charge in [-0.15, -0.1) is 11.3 Å². The zero-order valence-electron chi connectivity index (χ0n) is 19.3. The molecule has 3 amide bonds. The molecular formula is C25H27ClN4O3S. The highest BCUT2D eigenvalue weighted by Crippen LogP contribution is 2.18. The van der Waals surface area contributed by atoms with Crippen molar-refractivity contribution in [2.24, 2.45) is 5.92 Å². The van der Waals surface area contributed by atoms with Crippen molar-refractivity contribution in [1.82, 2.24) is 9.88 Å². The summed E-state index contributed by atoms with van der Waals surface area (Å²) in [5.41, 5.74) is 2.85. The number of carbonyl (C=O) groups excluding carboxylic acids is 3. The second-order valence-electron chi connectivity index (χ2n) is 8.37. The Balaban J connectivity index is 1.57. The zero-order chi connectivity index (χ0) is 24.7. The number of anilines is 2. The number of benzene rings is 2. The molecule has 7 nitrogen and oxygen atoms in total. The van der Waals surface area contributed by atoms with Crippen LogP contribution in [0.3, 0.4) is 0 Å². The van der Waals surface area contributed by atoms with Gasteiger partial charge in [0.05, 0.1) is 12.1 Å². The number of thiazole rings is 1. The second kappa shape index (κ2) is 11.8. The molecule has 1 heterocycles. The Bertz CT molecular complexity index is 1140. The van der Waals surface area contributed by atoms with Crippen LogP contribution in [0, 0.1) is 12.8 Å². The number of aryl methyl sites for hydroxylation is 1. The molecule has 0 saturated carbocycles. The molecule has 0 spiro atoms. The predicted molar refractivity (Wildman–Crippen MR) is 136 cm³/mol. The third kappa shape index (κ3) is 7.67. The van der Waals surface area contributed by atoms with Gasteiger partial charge in [-0.3, -0.25) is 14.4 Å². The van der Waals surface area contributed by atoms with E-state index in [0.717, 1.165) is 11.3 Å². The molecule has 0 radical (unpaired) electrons. The Hall–Kier alpha value is -3.23. The van der Waals surface area contributed by atoms with E-state index in [9.17, 15) is 14.4 Å². The number of rotatable bonds is 9. The van der Waals surface area contributed by atoms with Gasteiger partial charge in [0.1, 0.15) is 6.54 Å². The molecule has 0 fully saturated rings. The molecule has 3 aromatic rings. The van der Waals surface area contributed by atoms with Crippen LogP contribution in [0.5, 0.6) is 0 Å². The molecule has 0 atom stereocenters. The van der Waals surface area contributed by atoms with E-state index >= 15 is 0 Å². The van der Waals surface area contributed by atoms with E-state index in [0.29, 0.717) is 28.0 Å². The lowest BCUT2D eigenvalue weighted by molar-refractivity contribution is -0.117. The van der Waals surface area contributed by atoms with Gasteiger partial charge >= 0.3 is 0 Å². The molecule has 0 aliphatic rings. The van der Waals surface area contributed by atoms with E-state index in [-0.39, 0.29) is 36.6 Å². The first-order valence-corrected chi connectivity index (χ1v) is 12.1. The fraction of sp³-hybridized carbons (Fsp3) is 0.280. The topological polar surface area (TPSA) is 91.4 Å². The van der Waals surface area contributed by atoms with Gasteiger partial charge in [-0.25, -0.2) is 4.98 Å². The van der Waals surface area contributed by atoms with Crippen LogP contribution in [0.2, 0.25) is 5.02 Å². The van der Waals surface area contributed by atoms with Crippen LogP contribution < -0.4 is 10.6 Å². The highest BCUT2D eigenvalue weighted by molar-refractivity contribution is 7.13. The Morgan fingerprint density at radius 1 is 1.00 bits per heavy atom. The van der Waals surface area contributed by atoms with Gasteiger partial charge in [0.2, 0.25) is 11.8 Å². The molecule has 9 heteroatoms. The molecule has 0 unspecified atom stereocenters. The number of halogens is 1. The van der Waals surface area contributed by atoms with Crippen molar-refractivity contribution >= 4 is 51.5 Å². The quantitative estimate of drug-likeness (QED) is 0.433. The number of nitrogens with one attached hydrogen (secondary N) is 2. The summed E-state index contributed by atoms with van der Waals surface area (Å²) in [4.78, 5) is 43.7. The molecule has 34 heavy (non-hydrogen) atoms. The van der Waals surface area contributed by atoms with Crippen molar-refractivity contribution in [3.05, 3.63) is 75.8 Å². The minimum absolute atomic E-state index is 0.0920. The highest BCUT2D eigenvalue weighted by atomic mass is 35.5. The van der Waals surface area contributed by atoms with Gasteiger partial charge in [-0.1, -0.05) is 43.1 Å². The molecule has 0 bridgehead atoms. The molecule has 178 valence electrons. The van der Waals surface area contributed by atoms with Crippen LogP contribution in [0.25, 0.3) is 0 Å². The number of amides is 3. The first-order valence-electron chi connectivity index (χ1n) is 10.8. The fourth-order valence-electron chi connectivity index (χ4n) is 3.22. The van der Waals surface area contributed by atoms with E-state index in [1.807, 2.05) is 45.0 Å². The normalized spacial score (nSPS) is 10.7. The molecule has 3 rings (SSSR count). The van der Waals surface area contributed by atoms with Crippen LogP contribution in [-0.4, -0.2) is 40.7 Å². The summed E-state index contributed by atoms with van der Waals surface area (Å²) in [7, 11) is 0. The number of nitrogens with zero attached hydrogens (tertiary/aromatic N) is 2. The molecule has 0 aliphatic heterocycles. The van der Waals surface area contributed by atoms with Crippen molar-refractivity contribution in [3.63, 3.8) is 0 Å². The standard InChI is InChI=1S/C25H27ClN4O3S/c1-16(2)13-30(24(33)18-6-8-19(26)9-7-18)14-23(32)29-25-28-21(15-34-25)12-22(31)27-20-10-4-17(3)5-11-20/h4-11,15-16H,12-14H2,1-3H3,(H,27,31)(H,28,29,32). The number of hydrogen-bond acceptors (Lipinski definition) is 5. The lowest BCUT2D eigenvalue weighted by Crippen LogP contribution is -2.40. The predicted octanol–water partition coefficient (Wildman–Crippen LogP) is 5.02. The highest BCUT2D eigenvalue weighted by Gasteiger charge is 2.21. The molecular weight excluding hydrogens is 472 g/mol. The lowest BCUT2D eigenvalue weighted by atomic mass is 10.1. The minimum atomic E-state index is -0.354. The van der Waals surface area contributed by atoms with E-state index in [2.05, 4.69) is 15.6 Å². The summed E-state index contributed by atoms with van der Waals surface area (Å²) in [6, 6.07) is 14.1. The molecule has 2 aromatic carbocycles. The Kier molecular flexibility index (Phi) is 8.79. The zero-order valence-corrected chi connectivity index (χ0v) is 20.9. The third-order valence-electron chi connectivity index (χ3n) is 4.77. The van der Waals surface area contributed by atoms with Crippen molar-refractivity contribution < 1.29 is 14.4 Å². The number of aromatic nitrogens is 1. The van der Waals surface area contributed by atoms with Crippen molar-refractivity contribution in [3.8, 4) is 0 Å². The van der Waals surface area contributed by atoms with Gasteiger partial charge in [0.25, 0.3) is 5.91 Å². The summed E-state index contributed by atoms with van der Waals surface area (Å²) in [6.07, 6.45) is 0.0920. The second-order valence-corrected chi connectivity index (χ2v) is 9.66. The summed E-state index contributed by atoms with van der Waals surface area (Å²) in [5.74, 6) is -0.604. The summed E-state index contributed by atoms with van der Waals surface area (Å²) in [5, 5.41) is 8.21. The first kappa shape index (κ1) is 25.4. The maximum atomic E-state index is 12.9. The Morgan fingerprint density at radius 3 is 2.32 bits per heavy atom. The van der Waals surface area contributed by atoms with Gasteiger partial charge in [-0.2, -0.15) is 0 Å². The summed E-state index contributed by atoms with van der Waals surface area (Å²) >= 11 is 7.15. The lowest BCUT2D eigenvalue weighted by Gasteiger charge is -2.24. The van der Waals surface area contributed by atoms with Crippen LogP contribution >= 0.6 is 22.9 Å². The van der Waals surface area contributed by atoms with E-state index < -0.39 is 0 Å². The van der Waals surface area contributed by atoms with E-state index in [1.54, 1.807) is 29.6 Å². The van der Waals surface area contributed by atoms with Crippen molar-refractivity contribution in [2.45, 2.75) is 27.2 Å².